The van der Waals surface area contributed by atoms with Crippen LogP contribution in [0.2, 0.25) is 0 Å². The van der Waals surface area contributed by atoms with Crippen LogP contribution in [0.3, 0.4) is 0 Å². The van der Waals surface area contributed by atoms with Crippen molar-refractivity contribution in [3.8, 4) is 0 Å². The summed E-state index contributed by atoms with van der Waals surface area (Å²) in [4.78, 5) is 0. The van der Waals surface area contributed by atoms with Gasteiger partial charge in [0.25, 0.3) is 0 Å². The summed E-state index contributed by atoms with van der Waals surface area (Å²) < 4.78 is 0. The molecule has 0 aliphatic carbocycles. The Bertz CT molecular complexity index is 302. The second kappa shape index (κ2) is 13.4. The SMILES string of the molecule is CC=CCC=CCCC(CC=CC)CCC(C)=CC. The molecule has 0 saturated heterocycles. The first kappa shape index (κ1) is 18.0. The van der Waals surface area contributed by atoms with Crippen LogP contribution in [-0.4, -0.2) is 0 Å². The van der Waals surface area contributed by atoms with Crippen molar-refractivity contribution in [3.63, 3.8) is 0 Å². The van der Waals surface area contributed by atoms with E-state index in [0.29, 0.717) is 0 Å². The fourth-order valence-corrected chi connectivity index (χ4v) is 2.05. The van der Waals surface area contributed by atoms with Gasteiger partial charge in [-0.05, 0) is 72.1 Å². The summed E-state index contributed by atoms with van der Waals surface area (Å²) in [7, 11) is 0. The Hall–Kier alpha value is -1.04. The molecule has 0 amide bonds. The molecule has 0 saturated carbocycles. The van der Waals surface area contributed by atoms with Gasteiger partial charge in [0.05, 0.1) is 0 Å². The average Bonchev–Trinajstić information content (AvgIpc) is 2.44. The van der Waals surface area contributed by atoms with E-state index < -0.39 is 0 Å². The summed E-state index contributed by atoms with van der Waals surface area (Å²) in [6.07, 6.45) is 23.1. The summed E-state index contributed by atoms with van der Waals surface area (Å²) in [6.45, 7) is 8.57. The summed E-state index contributed by atoms with van der Waals surface area (Å²) >= 11 is 0. The van der Waals surface area contributed by atoms with Gasteiger partial charge in [0, 0.05) is 0 Å². The van der Waals surface area contributed by atoms with Gasteiger partial charge in [-0.3, -0.25) is 0 Å². The van der Waals surface area contributed by atoms with Crippen molar-refractivity contribution in [2.24, 2.45) is 5.92 Å². The van der Waals surface area contributed by atoms with Crippen molar-refractivity contribution in [2.45, 2.75) is 66.2 Å². The molecule has 0 heteroatoms. The third-order valence-electron chi connectivity index (χ3n) is 3.56. The second-order valence-corrected chi connectivity index (χ2v) is 5.20. The molecule has 0 N–H and O–H groups in total. The van der Waals surface area contributed by atoms with E-state index in [1.54, 1.807) is 0 Å². The highest BCUT2D eigenvalue weighted by Gasteiger charge is 2.06. The Morgan fingerprint density at radius 2 is 1.63 bits per heavy atom. The van der Waals surface area contributed by atoms with Gasteiger partial charge in [0.15, 0.2) is 0 Å². The molecule has 0 nitrogen and oxygen atoms in total. The minimum atomic E-state index is 0.831. The Kier molecular flexibility index (Phi) is 12.7. The van der Waals surface area contributed by atoms with Crippen LogP contribution < -0.4 is 0 Å². The van der Waals surface area contributed by atoms with Gasteiger partial charge in [0.1, 0.15) is 0 Å². The van der Waals surface area contributed by atoms with Crippen LogP contribution >= 0.6 is 0 Å². The van der Waals surface area contributed by atoms with Crippen molar-refractivity contribution >= 4 is 0 Å². The van der Waals surface area contributed by atoms with E-state index in [0.717, 1.165) is 12.3 Å². The maximum Gasteiger partial charge on any atom is -0.0169 e. The molecule has 0 spiro atoms. The fourth-order valence-electron chi connectivity index (χ4n) is 2.05. The molecule has 0 heterocycles. The van der Waals surface area contributed by atoms with E-state index in [1.165, 1.54) is 37.7 Å². The maximum absolute atomic E-state index is 2.34. The third kappa shape index (κ3) is 11.8. The van der Waals surface area contributed by atoms with Gasteiger partial charge in [-0.2, -0.15) is 0 Å². The van der Waals surface area contributed by atoms with Gasteiger partial charge in [-0.25, -0.2) is 0 Å². The zero-order valence-corrected chi connectivity index (χ0v) is 13.4. The molecule has 19 heavy (non-hydrogen) atoms. The zero-order valence-electron chi connectivity index (χ0n) is 13.4. The lowest BCUT2D eigenvalue weighted by Crippen LogP contribution is -1.99. The third-order valence-corrected chi connectivity index (χ3v) is 3.56. The predicted octanol–water partition coefficient (Wildman–Crippen LogP) is 6.62. The lowest BCUT2D eigenvalue weighted by molar-refractivity contribution is 0.458. The number of rotatable bonds is 10. The van der Waals surface area contributed by atoms with Crippen LogP contribution in [0, 0.1) is 5.92 Å². The van der Waals surface area contributed by atoms with Gasteiger partial charge in [0.2, 0.25) is 0 Å². The molecule has 0 aromatic rings. The Labute approximate surface area is 121 Å². The minimum Gasteiger partial charge on any atom is -0.0917 e. The van der Waals surface area contributed by atoms with E-state index in [-0.39, 0.29) is 0 Å². The standard InChI is InChI=1S/C19H32/c1-5-8-10-11-12-13-15-19(14-9-6-2)17-16-18(4)7-3/h5-9,11-12,19H,10,13-17H2,1-4H3. The van der Waals surface area contributed by atoms with Gasteiger partial charge >= 0.3 is 0 Å². The Morgan fingerprint density at radius 1 is 0.895 bits per heavy atom. The van der Waals surface area contributed by atoms with Crippen LogP contribution in [-0.2, 0) is 0 Å². The quantitative estimate of drug-likeness (QED) is 0.387. The smallest absolute Gasteiger partial charge is 0.0169 e. The Balaban J connectivity index is 4.01. The topological polar surface area (TPSA) is 0 Å². The van der Waals surface area contributed by atoms with Crippen LogP contribution in [0.15, 0.2) is 48.1 Å². The fraction of sp³-hybridized carbons (Fsp3) is 0.579. The minimum absolute atomic E-state index is 0.831. The molecule has 0 aliphatic heterocycles. The summed E-state index contributed by atoms with van der Waals surface area (Å²) in [5.74, 6) is 0.831. The normalized spacial score (nSPS) is 15.1. The second-order valence-electron chi connectivity index (χ2n) is 5.20. The summed E-state index contributed by atoms with van der Waals surface area (Å²) in [5, 5.41) is 0. The molecule has 1 unspecified atom stereocenters. The molecule has 0 rings (SSSR count). The molecule has 0 radical (unpaired) electrons. The van der Waals surface area contributed by atoms with Crippen molar-refractivity contribution in [3.05, 3.63) is 48.1 Å². The monoisotopic (exact) mass is 260 g/mol. The van der Waals surface area contributed by atoms with Gasteiger partial charge in [-0.15, -0.1) is 0 Å². The molecule has 0 aliphatic rings. The first-order chi connectivity index (χ1) is 9.24. The van der Waals surface area contributed by atoms with E-state index in [1.807, 2.05) is 0 Å². The zero-order chi connectivity index (χ0) is 14.3. The largest absolute Gasteiger partial charge is 0.0917 e. The molecule has 0 aromatic heterocycles. The lowest BCUT2D eigenvalue weighted by atomic mass is 9.92. The molecular formula is C19H32. The Morgan fingerprint density at radius 3 is 2.26 bits per heavy atom. The molecule has 0 aromatic carbocycles. The lowest BCUT2D eigenvalue weighted by Gasteiger charge is -2.14. The van der Waals surface area contributed by atoms with Crippen LogP contribution in [0.1, 0.15) is 66.2 Å². The van der Waals surface area contributed by atoms with Crippen LogP contribution in [0.25, 0.3) is 0 Å². The highest BCUT2D eigenvalue weighted by molar-refractivity contribution is 4.96. The maximum atomic E-state index is 2.34. The first-order valence-corrected chi connectivity index (χ1v) is 7.73. The van der Waals surface area contributed by atoms with Crippen molar-refractivity contribution in [2.75, 3.05) is 0 Å². The van der Waals surface area contributed by atoms with Gasteiger partial charge in [-0.1, -0.05) is 48.1 Å². The molecule has 1 atom stereocenters. The predicted molar refractivity (Wildman–Crippen MR) is 89.4 cm³/mol. The molecule has 0 fully saturated rings. The van der Waals surface area contributed by atoms with Crippen LogP contribution in [0.4, 0.5) is 0 Å². The van der Waals surface area contributed by atoms with E-state index in [2.05, 4.69) is 70.2 Å². The summed E-state index contributed by atoms with van der Waals surface area (Å²) in [6, 6.07) is 0. The highest BCUT2D eigenvalue weighted by atomic mass is 14.1. The van der Waals surface area contributed by atoms with Crippen molar-refractivity contribution in [1.82, 2.24) is 0 Å². The number of hydrogen-bond acceptors (Lipinski definition) is 0. The highest BCUT2D eigenvalue weighted by Crippen LogP contribution is 2.21. The van der Waals surface area contributed by atoms with Crippen molar-refractivity contribution < 1.29 is 0 Å². The first-order valence-electron chi connectivity index (χ1n) is 7.73. The average molecular weight is 260 g/mol. The number of allylic oxidation sites excluding steroid dienone is 8. The van der Waals surface area contributed by atoms with Crippen molar-refractivity contribution in [1.29, 1.82) is 0 Å². The van der Waals surface area contributed by atoms with E-state index >= 15 is 0 Å². The summed E-state index contributed by atoms with van der Waals surface area (Å²) in [5.41, 5.74) is 1.52. The van der Waals surface area contributed by atoms with E-state index in [9.17, 15) is 0 Å². The van der Waals surface area contributed by atoms with Gasteiger partial charge < -0.3 is 0 Å². The molecular weight excluding hydrogens is 228 g/mol. The number of hydrogen-bond donors (Lipinski definition) is 0. The van der Waals surface area contributed by atoms with Crippen LogP contribution in [0.5, 0.6) is 0 Å². The molecule has 108 valence electrons. The molecule has 0 bridgehead atoms. The van der Waals surface area contributed by atoms with E-state index in [4.69, 9.17) is 0 Å².